The van der Waals surface area contributed by atoms with Crippen LogP contribution in [-0.2, 0) is 19.4 Å². The van der Waals surface area contributed by atoms with Gasteiger partial charge in [-0.05, 0) is 6.42 Å². The number of carbonyl (C=O) groups is 2. The molecule has 0 aromatic carbocycles. The second-order valence-corrected chi connectivity index (χ2v) is 8.34. The van der Waals surface area contributed by atoms with Crippen molar-refractivity contribution in [3.05, 3.63) is 0 Å². The van der Waals surface area contributed by atoms with Gasteiger partial charge in [-0.2, -0.15) is 11.8 Å². The van der Waals surface area contributed by atoms with E-state index in [1.807, 2.05) is 0 Å². The van der Waals surface area contributed by atoms with Crippen molar-refractivity contribution in [1.29, 1.82) is 0 Å². The number of amides is 1. The fraction of sp³-hybridized carbons (Fsp3) is 0.818. The first kappa shape index (κ1) is 14.6. The lowest BCUT2D eigenvalue weighted by Crippen LogP contribution is -2.49. The molecule has 0 saturated carbocycles. The van der Waals surface area contributed by atoms with Crippen LogP contribution < -0.4 is 0 Å². The number of aliphatic carboxylic acids is 1. The fourth-order valence-corrected chi connectivity index (χ4v) is 5.33. The molecule has 6 nitrogen and oxygen atoms in total. The third-order valence-corrected chi connectivity index (χ3v) is 6.36. The maximum Gasteiger partial charge on any atom is 0.305 e. The molecule has 2 saturated heterocycles. The number of sulfone groups is 1. The Morgan fingerprint density at radius 2 is 2.11 bits per heavy atom. The molecule has 1 N–H and O–H groups in total. The lowest BCUT2D eigenvalue weighted by atomic mass is 10.1. The number of carbonyl (C=O) groups excluding carboxylic acids is 1. The van der Waals surface area contributed by atoms with Crippen LogP contribution in [0, 0.1) is 5.92 Å². The monoisotopic (exact) mass is 307 g/mol. The van der Waals surface area contributed by atoms with E-state index in [1.165, 1.54) is 0 Å². The second kappa shape index (κ2) is 5.70. The third kappa shape index (κ3) is 3.62. The molecule has 2 atom stereocenters. The number of nitrogens with zero attached hydrogens (tertiary/aromatic N) is 1. The van der Waals surface area contributed by atoms with Crippen LogP contribution in [0.2, 0.25) is 0 Å². The fourth-order valence-electron chi connectivity index (χ4n) is 2.54. The topological polar surface area (TPSA) is 91.8 Å². The molecule has 2 rings (SSSR count). The molecular formula is C11H17NO5S2. The minimum absolute atomic E-state index is 0.0651. The Kier molecular flexibility index (Phi) is 4.39. The number of thioether (sulfide) groups is 1. The Hall–Kier alpha value is -0.760. The molecule has 0 aliphatic carbocycles. The van der Waals surface area contributed by atoms with Gasteiger partial charge in [0, 0.05) is 18.1 Å². The van der Waals surface area contributed by atoms with Crippen LogP contribution in [0.1, 0.15) is 12.8 Å². The highest BCUT2D eigenvalue weighted by molar-refractivity contribution is 7.99. The van der Waals surface area contributed by atoms with E-state index < -0.39 is 21.7 Å². The van der Waals surface area contributed by atoms with Crippen LogP contribution >= 0.6 is 11.8 Å². The first-order chi connectivity index (χ1) is 8.89. The summed E-state index contributed by atoms with van der Waals surface area (Å²) in [6.07, 6.45) is 0.294. The van der Waals surface area contributed by atoms with Gasteiger partial charge in [-0.15, -0.1) is 0 Å². The van der Waals surface area contributed by atoms with Crippen molar-refractivity contribution in [2.75, 3.05) is 29.6 Å². The first-order valence-electron chi connectivity index (χ1n) is 6.19. The van der Waals surface area contributed by atoms with Crippen LogP contribution in [0.4, 0.5) is 0 Å². The molecular weight excluding hydrogens is 290 g/mol. The van der Waals surface area contributed by atoms with E-state index in [0.29, 0.717) is 18.7 Å². The SMILES string of the molecule is O=C(O)CC1CSCCN1C(=O)C1CCS(=O)(=O)C1. The molecule has 0 aromatic heterocycles. The van der Waals surface area contributed by atoms with Crippen LogP contribution in [-0.4, -0.2) is 65.9 Å². The molecule has 2 unspecified atom stereocenters. The molecule has 0 aromatic rings. The molecule has 2 heterocycles. The molecule has 2 fully saturated rings. The summed E-state index contributed by atoms with van der Waals surface area (Å²) < 4.78 is 22.8. The molecule has 2 aliphatic heterocycles. The largest absolute Gasteiger partial charge is 0.481 e. The minimum Gasteiger partial charge on any atom is -0.481 e. The highest BCUT2D eigenvalue weighted by atomic mass is 32.2. The standard InChI is InChI=1S/C11H17NO5S2/c13-10(14)5-9-6-18-3-2-12(9)11(15)8-1-4-19(16,17)7-8/h8-9H,1-7H2,(H,13,14). The van der Waals surface area contributed by atoms with Gasteiger partial charge in [0.15, 0.2) is 9.84 Å². The predicted octanol–water partition coefficient (Wildman–Crippen LogP) is -0.160. The third-order valence-electron chi connectivity index (χ3n) is 3.50. The Labute approximate surface area is 116 Å². The van der Waals surface area contributed by atoms with Gasteiger partial charge in [0.1, 0.15) is 0 Å². The van der Waals surface area contributed by atoms with Crippen molar-refractivity contribution >= 4 is 33.5 Å². The van der Waals surface area contributed by atoms with Gasteiger partial charge < -0.3 is 10.0 Å². The van der Waals surface area contributed by atoms with Crippen LogP contribution in [0.25, 0.3) is 0 Å². The van der Waals surface area contributed by atoms with Crippen LogP contribution in [0.15, 0.2) is 0 Å². The molecule has 8 heteroatoms. The number of carboxylic acid groups (broad SMARTS) is 1. The van der Waals surface area contributed by atoms with Crippen molar-refractivity contribution in [3.8, 4) is 0 Å². The molecule has 0 spiro atoms. The summed E-state index contributed by atoms with van der Waals surface area (Å²) in [4.78, 5) is 24.7. The van der Waals surface area contributed by atoms with E-state index in [4.69, 9.17) is 5.11 Å². The van der Waals surface area contributed by atoms with E-state index in [2.05, 4.69) is 0 Å². The Balaban J connectivity index is 2.05. The van der Waals surface area contributed by atoms with Crippen LogP contribution in [0.5, 0.6) is 0 Å². The highest BCUT2D eigenvalue weighted by Crippen LogP contribution is 2.26. The smallest absolute Gasteiger partial charge is 0.305 e. The van der Waals surface area contributed by atoms with Gasteiger partial charge in [-0.25, -0.2) is 8.42 Å². The Morgan fingerprint density at radius 3 is 2.68 bits per heavy atom. The van der Waals surface area contributed by atoms with Crippen molar-refractivity contribution in [2.45, 2.75) is 18.9 Å². The molecule has 108 valence electrons. The number of rotatable bonds is 3. The zero-order valence-electron chi connectivity index (χ0n) is 10.4. The highest BCUT2D eigenvalue weighted by Gasteiger charge is 2.38. The summed E-state index contributed by atoms with van der Waals surface area (Å²) in [5, 5.41) is 8.87. The predicted molar refractivity (Wildman–Crippen MR) is 71.8 cm³/mol. The normalized spacial score (nSPS) is 30.2. The van der Waals surface area contributed by atoms with Gasteiger partial charge in [-0.1, -0.05) is 0 Å². The summed E-state index contributed by atoms with van der Waals surface area (Å²) in [6, 6.07) is -0.313. The number of hydrogen-bond acceptors (Lipinski definition) is 5. The average molecular weight is 307 g/mol. The molecule has 1 amide bonds. The molecule has 19 heavy (non-hydrogen) atoms. The van der Waals surface area contributed by atoms with E-state index in [0.717, 1.165) is 5.75 Å². The van der Waals surface area contributed by atoms with Crippen LogP contribution in [0.3, 0.4) is 0 Å². The first-order valence-corrected chi connectivity index (χ1v) is 9.17. The van der Waals surface area contributed by atoms with E-state index >= 15 is 0 Å². The summed E-state index contributed by atoms with van der Waals surface area (Å²) in [7, 11) is -3.09. The summed E-state index contributed by atoms with van der Waals surface area (Å²) in [5.74, 6) is -0.231. The van der Waals surface area contributed by atoms with Gasteiger partial charge >= 0.3 is 5.97 Å². The number of carboxylic acids is 1. The molecule has 0 radical (unpaired) electrons. The van der Waals surface area contributed by atoms with Crippen molar-refractivity contribution in [3.63, 3.8) is 0 Å². The molecule has 0 bridgehead atoms. The summed E-state index contributed by atoms with van der Waals surface area (Å²) >= 11 is 1.63. The second-order valence-electron chi connectivity index (χ2n) is 4.96. The van der Waals surface area contributed by atoms with Gasteiger partial charge in [0.25, 0.3) is 0 Å². The zero-order chi connectivity index (χ0) is 14.0. The van der Waals surface area contributed by atoms with Crippen molar-refractivity contribution < 1.29 is 23.1 Å². The number of hydrogen-bond donors (Lipinski definition) is 1. The lowest BCUT2D eigenvalue weighted by Gasteiger charge is -2.36. The van der Waals surface area contributed by atoms with Gasteiger partial charge in [0.2, 0.25) is 5.91 Å². The van der Waals surface area contributed by atoms with E-state index in [-0.39, 0.29) is 29.9 Å². The molecule has 2 aliphatic rings. The zero-order valence-corrected chi connectivity index (χ0v) is 12.1. The quantitative estimate of drug-likeness (QED) is 0.779. The maximum atomic E-state index is 12.3. The summed E-state index contributed by atoms with van der Waals surface area (Å²) in [5.41, 5.74) is 0. The Morgan fingerprint density at radius 1 is 1.37 bits per heavy atom. The Bertz CT molecular complexity index is 475. The van der Waals surface area contributed by atoms with E-state index in [9.17, 15) is 18.0 Å². The van der Waals surface area contributed by atoms with Gasteiger partial charge in [-0.3, -0.25) is 9.59 Å². The maximum absolute atomic E-state index is 12.3. The van der Waals surface area contributed by atoms with Gasteiger partial charge in [0.05, 0.1) is 29.9 Å². The van der Waals surface area contributed by atoms with E-state index in [1.54, 1.807) is 16.7 Å². The minimum atomic E-state index is -3.09. The lowest BCUT2D eigenvalue weighted by molar-refractivity contribution is -0.141. The van der Waals surface area contributed by atoms with Crippen molar-refractivity contribution in [1.82, 2.24) is 4.90 Å². The average Bonchev–Trinajstić information content (AvgIpc) is 2.69. The summed E-state index contributed by atoms with van der Waals surface area (Å²) in [6.45, 7) is 0.512. The van der Waals surface area contributed by atoms with Crippen molar-refractivity contribution in [2.24, 2.45) is 5.92 Å².